The van der Waals surface area contributed by atoms with Gasteiger partial charge in [-0.15, -0.1) is 0 Å². The normalized spacial score (nSPS) is 18.7. The Labute approximate surface area is 233 Å². The lowest BCUT2D eigenvalue weighted by Gasteiger charge is -2.37. The molecule has 0 aliphatic carbocycles. The molecule has 2 saturated heterocycles. The summed E-state index contributed by atoms with van der Waals surface area (Å²) in [6.45, 7) is 7.22. The minimum Gasteiger partial charge on any atom is -0.387 e. The molecule has 2 aliphatic rings. The van der Waals surface area contributed by atoms with Gasteiger partial charge in [0.25, 0.3) is 0 Å². The molecule has 206 valence electrons. The second-order valence-corrected chi connectivity index (χ2v) is 10.3. The number of aryl methyl sites for hydroxylation is 2. The number of fused-ring (bicyclic) bond motifs is 1. The van der Waals surface area contributed by atoms with Gasteiger partial charge < -0.3 is 29.6 Å². The van der Waals surface area contributed by atoms with E-state index in [-0.39, 0.29) is 6.04 Å². The highest BCUT2D eigenvalue weighted by molar-refractivity contribution is 6.07. The zero-order valence-corrected chi connectivity index (χ0v) is 22.9. The molecule has 0 amide bonds. The number of rotatable bonds is 7. The lowest BCUT2D eigenvalue weighted by molar-refractivity contribution is 0.0812. The van der Waals surface area contributed by atoms with Crippen molar-refractivity contribution < 1.29 is 14.0 Å². The molecule has 2 aliphatic heterocycles. The fourth-order valence-electron chi connectivity index (χ4n) is 5.56. The molecule has 2 aromatic carbocycles. The van der Waals surface area contributed by atoms with Crippen LogP contribution < -0.4 is 10.2 Å². The van der Waals surface area contributed by atoms with E-state index in [0.717, 1.165) is 65.4 Å². The number of aromatic nitrogens is 3. The third-order valence-corrected chi connectivity index (χ3v) is 7.69. The van der Waals surface area contributed by atoms with Crippen LogP contribution in [-0.2, 0) is 9.47 Å². The number of hydrogen-bond donors (Lipinski definition) is 2. The Bertz CT molecular complexity index is 1510. The number of hydrogen-bond acceptors (Lipinski definition) is 9. The zero-order valence-electron chi connectivity index (χ0n) is 22.9. The Balaban J connectivity index is 1.49. The molecule has 4 aromatic rings. The first-order valence-electron chi connectivity index (χ1n) is 13.8. The average Bonchev–Trinajstić information content (AvgIpc) is 3.35. The fourth-order valence-corrected chi connectivity index (χ4v) is 5.56. The number of benzene rings is 2. The van der Waals surface area contributed by atoms with Gasteiger partial charge in [-0.2, -0.15) is 0 Å². The van der Waals surface area contributed by atoms with E-state index < -0.39 is 0 Å². The maximum absolute atomic E-state index is 8.20. The monoisotopic (exact) mass is 538 g/mol. The summed E-state index contributed by atoms with van der Waals surface area (Å²) < 4.78 is 16.9. The highest BCUT2D eigenvalue weighted by Crippen LogP contribution is 2.37. The number of anilines is 1. The summed E-state index contributed by atoms with van der Waals surface area (Å²) in [6.07, 6.45) is 5.06. The van der Waals surface area contributed by atoms with E-state index in [0.29, 0.717) is 37.2 Å². The molecule has 40 heavy (non-hydrogen) atoms. The van der Waals surface area contributed by atoms with Gasteiger partial charge in [0.15, 0.2) is 5.82 Å². The molecule has 0 spiro atoms. The molecule has 6 rings (SSSR count). The molecule has 0 saturated carbocycles. The highest BCUT2D eigenvalue weighted by atomic mass is 16.5. The van der Waals surface area contributed by atoms with E-state index in [1.165, 1.54) is 11.8 Å². The van der Waals surface area contributed by atoms with Gasteiger partial charge in [0.05, 0.1) is 36.0 Å². The smallest absolute Gasteiger partial charge is 0.165 e. The van der Waals surface area contributed by atoms with Crippen molar-refractivity contribution in [3.8, 4) is 11.1 Å². The predicted octanol–water partition coefficient (Wildman–Crippen LogP) is 5.24. The van der Waals surface area contributed by atoms with Gasteiger partial charge in [0.2, 0.25) is 0 Å². The fraction of sp³-hybridized carbons (Fsp3) is 0.355. The Morgan fingerprint density at radius 1 is 1.02 bits per heavy atom. The number of nitrogens with one attached hydrogen (secondary N) is 2. The van der Waals surface area contributed by atoms with E-state index in [1.54, 1.807) is 0 Å². The molecule has 1 atom stereocenters. The minimum atomic E-state index is -0.00334. The number of ether oxygens (including phenoxy) is 2. The van der Waals surface area contributed by atoms with E-state index in [9.17, 15) is 0 Å². The number of allylic oxidation sites excluding steroid dienone is 1. The topological polar surface area (TPSA) is 109 Å². The van der Waals surface area contributed by atoms with Gasteiger partial charge in [0.1, 0.15) is 11.6 Å². The average molecular weight is 539 g/mol. The first kappa shape index (κ1) is 26.2. The Morgan fingerprint density at radius 3 is 2.60 bits per heavy atom. The molecule has 2 aromatic heterocycles. The van der Waals surface area contributed by atoms with Crippen LogP contribution in [0, 0.1) is 19.3 Å². The van der Waals surface area contributed by atoms with Crippen LogP contribution >= 0.6 is 0 Å². The van der Waals surface area contributed by atoms with Crippen molar-refractivity contribution in [3.05, 3.63) is 77.6 Å². The van der Waals surface area contributed by atoms with Crippen LogP contribution in [0.2, 0.25) is 0 Å². The summed E-state index contributed by atoms with van der Waals surface area (Å²) in [5.41, 5.74) is 5.45. The third-order valence-electron chi connectivity index (χ3n) is 7.69. The minimum absolute atomic E-state index is 0.00334. The maximum atomic E-state index is 8.20. The quantitative estimate of drug-likeness (QED) is 0.308. The van der Waals surface area contributed by atoms with Crippen LogP contribution in [0.4, 0.5) is 5.82 Å². The predicted molar refractivity (Wildman–Crippen MR) is 156 cm³/mol. The summed E-state index contributed by atoms with van der Waals surface area (Å²) in [5, 5.41) is 16.8. The second kappa shape index (κ2) is 11.6. The summed E-state index contributed by atoms with van der Waals surface area (Å²) in [6, 6.07) is 16.9. The van der Waals surface area contributed by atoms with Gasteiger partial charge in [0, 0.05) is 49.2 Å². The van der Waals surface area contributed by atoms with E-state index in [1.807, 2.05) is 32.2 Å². The summed E-state index contributed by atoms with van der Waals surface area (Å²) in [7, 11) is 0. The van der Waals surface area contributed by atoms with Crippen LogP contribution in [0.3, 0.4) is 0 Å². The third kappa shape index (κ3) is 5.22. The lowest BCUT2D eigenvalue weighted by Crippen LogP contribution is -2.40. The Kier molecular flexibility index (Phi) is 7.57. The molecule has 0 radical (unpaired) electrons. The molecule has 9 nitrogen and oxygen atoms in total. The summed E-state index contributed by atoms with van der Waals surface area (Å²) in [4.78, 5) is 12.4. The van der Waals surface area contributed by atoms with Crippen molar-refractivity contribution in [1.29, 1.82) is 5.41 Å². The molecule has 4 heterocycles. The number of nitrogens with zero attached hydrogens (tertiary/aromatic N) is 4. The molecule has 2 fully saturated rings. The Morgan fingerprint density at radius 2 is 1.85 bits per heavy atom. The van der Waals surface area contributed by atoms with Crippen LogP contribution in [-0.4, -0.2) is 60.4 Å². The SMILES string of the molecule is Cc1noc(C)c1-c1ccc2nc(/C(C=N)=C/NC3CCOCC3)nc(N3CCOC[C@@H]3c3ccccc3)c2c1. The molecule has 9 heteroatoms. The van der Waals surface area contributed by atoms with Crippen molar-refractivity contribution >= 4 is 28.5 Å². The zero-order chi connectivity index (χ0) is 27.5. The van der Waals surface area contributed by atoms with Crippen molar-refractivity contribution in [2.24, 2.45) is 0 Å². The van der Waals surface area contributed by atoms with Crippen molar-refractivity contribution in [1.82, 2.24) is 20.4 Å². The van der Waals surface area contributed by atoms with Crippen LogP contribution in [0.15, 0.2) is 59.3 Å². The van der Waals surface area contributed by atoms with Crippen LogP contribution in [0.1, 0.15) is 41.7 Å². The second-order valence-electron chi connectivity index (χ2n) is 10.3. The largest absolute Gasteiger partial charge is 0.387 e. The molecular weight excluding hydrogens is 504 g/mol. The summed E-state index contributed by atoms with van der Waals surface area (Å²) in [5.74, 6) is 2.11. The van der Waals surface area contributed by atoms with Gasteiger partial charge in [-0.05, 0) is 49.9 Å². The van der Waals surface area contributed by atoms with Crippen LogP contribution in [0.25, 0.3) is 27.6 Å². The van der Waals surface area contributed by atoms with Gasteiger partial charge in [-0.3, -0.25) is 0 Å². The molecule has 2 N–H and O–H groups in total. The maximum Gasteiger partial charge on any atom is 0.165 e. The van der Waals surface area contributed by atoms with Gasteiger partial charge >= 0.3 is 0 Å². The van der Waals surface area contributed by atoms with Crippen molar-refractivity contribution in [2.75, 3.05) is 37.9 Å². The van der Waals surface area contributed by atoms with E-state index in [2.05, 4.69) is 51.8 Å². The van der Waals surface area contributed by atoms with Gasteiger partial charge in [-0.25, -0.2) is 9.97 Å². The van der Waals surface area contributed by atoms with E-state index in [4.69, 9.17) is 29.4 Å². The van der Waals surface area contributed by atoms with Crippen LogP contribution in [0.5, 0.6) is 0 Å². The molecular formula is C31H34N6O3. The molecule has 0 unspecified atom stereocenters. The Hall–Kier alpha value is -4.08. The molecule has 0 bridgehead atoms. The van der Waals surface area contributed by atoms with Crippen molar-refractivity contribution in [3.63, 3.8) is 0 Å². The highest BCUT2D eigenvalue weighted by Gasteiger charge is 2.28. The first-order valence-corrected chi connectivity index (χ1v) is 13.8. The van der Waals surface area contributed by atoms with E-state index >= 15 is 0 Å². The number of morpholine rings is 1. The van der Waals surface area contributed by atoms with Gasteiger partial charge in [-0.1, -0.05) is 41.6 Å². The lowest BCUT2D eigenvalue weighted by atomic mass is 10.0. The first-order chi connectivity index (χ1) is 19.6. The standard InChI is InChI=1S/C31H34N6O3/c1-20-29(21(2)40-36-20)23-8-9-27-26(16-23)31(37-12-15-39-19-28(37)22-6-4-3-5-7-22)35-30(34-27)24(17-32)18-33-25-10-13-38-14-11-25/h3-9,16-18,25,28,32-33H,10-15,19H2,1-2H3/b24-18+,32-17?/t28-/m1/s1. The van der Waals surface area contributed by atoms with Crippen molar-refractivity contribution in [2.45, 2.75) is 38.8 Å². The summed E-state index contributed by atoms with van der Waals surface area (Å²) >= 11 is 0.